The number of benzene rings is 1. The lowest BCUT2D eigenvalue weighted by Crippen LogP contribution is -2.36. The molecule has 0 unspecified atom stereocenters. The van der Waals surface area contributed by atoms with Gasteiger partial charge in [-0.2, -0.15) is 4.98 Å². The number of nitrogens with two attached hydrogens (primary N) is 1. The van der Waals surface area contributed by atoms with Gasteiger partial charge in [-0.3, -0.25) is 0 Å². The second-order valence-corrected chi connectivity index (χ2v) is 5.70. The molecule has 0 amide bonds. The Morgan fingerprint density at radius 3 is 2.74 bits per heavy atom. The molecule has 19 heavy (non-hydrogen) atoms. The van der Waals surface area contributed by atoms with Crippen LogP contribution in [0.4, 0.5) is 11.8 Å². The van der Waals surface area contributed by atoms with Crippen molar-refractivity contribution in [2.75, 3.05) is 23.7 Å². The summed E-state index contributed by atoms with van der Waals surface area (Å²) in [5.41, 5.74) is 6.63. The SMILES string of the molecule is Nc1nc(N2CCC(O)CC2)c2ccc(Br)cc2n1. The second kappa shape index (κ2) is 4.94. The molecule has 0 saturated carbocycles. The van der Waals surface area contributed by atoms with E-state index in [9.17, 15) is 5.11 Å². The number of hydrogen-bond acceptors (Lipinski definition) is 5. The summed E-state index contributed by atoms with van der Waals surface area (Å²) in [6.45, 7) is 1.59. The first-order chi connectivity index (χ1) is 9.13. The topological polar surface area (TPSA) is 75.3 Å². The molecule has 0 radical (unpaired) electrons. The molecule has 1 saturated heterocycles. The van der Waals surface area contributed by atoms with Gasteiger partial charge in [-0.25, -0.2) is 4.98 Å². The molecule has 0 bridgehead atoms. The van der Waals surface area contributed by atoms with Crippen LogP contribution in [0.5, 0.6) is 0 Å². The third kappa shape index (κ3) is 2.50. The first-order valence-corrected chi connectivity index (χ1v) is 7.08. The number of hydrogen-bond donors (Lipinski definition) is 2. The highest BCUT2D eigenvalue weighted by Gasteiger charge is 2.20. The maximum absolute atomic E-state index is 9.59. The van der Waals surface area contributed by atoms with E-state index in [0.717, 1.165) is 47.1 Å². The number of rotatable bonds is 1. The van der Waals surface area contributed by atoms with Crippen molar-refractivity contribution in [3.8, 4) is 0 Å². The summed E-state index contributed by atoms with van der Waals surface area (Å²) < 4.78 is 0.970. The fourth-order valence-corrected chi connectivity index (χ4v) is 2.77. The zero-order chi connectivity index (χ0) is 13.4. The number of aromatic nitrogens is 2. The van der Waals surface area contributed by atoms with E-state index >= 15 is 0 Å². The zero-order valence-corrected chi connectivity index (χ0v) is 12.0. The molecule has 5 nitrogen and oxygen atoms in total. The Morgan fingerprint density at radius 1 is 1.26 bits per heavy atom. The van der Waals surface area contributed by atoms with Crippen LogP contribution < -0.4 is 10.6 Å². The van der Waals surface area contributed by atoms with Gasteiger partial charge in [0.25, 0.3) is 0 Å². The lowest BCUT2D eigenvalue weighted by Gasteiger charge is -2.31. The molecule has 100 valence electrons. The Balaban J connectivity index is 2.07. The van der Waals surface area contributed by atoms with Crippen LogP contribution in [0.3, 0.4) is 0 Å². The highest BCUT2D eigenvalue weighted by Crippen LogP contribution is 2.28. The molecular weight excluding hydrogens is 308 g/mol. The number of aliphatic hydroxyl groups excluding tert-OH is 1. The van der Waals surface area contributed by atoms with Gasteiger partial charge in [-0.1, -0.05) is 15.9 Å². The van der Waals surface area contributed by atoms with Gasteiger partial charge in [0.1, 0.15) is 5.82 Å². The average Bonchev–Trinajstić information content (AvgIpc) is 2.38. The van der Waals surface area contributed by atoms with Gasteiger partial charge in [0.15, 0.2) is 0 Å². The van der Waals surface area contributed by atoms with Crippen molar-refractivity contribution in [2.45, 2.75) is 18.9 Å². The molecule has 3 N–H and O–H groups in total. The Hall–Kier alpha value is -1.40. The molecule has 1 aliphatic rings. The van der Waals surface area contributed by atoms with Crippen LogP contribution in [0, 0.1) is 0 Å². The van der Waals surface area contributed by atoms with Crippen molar-refractivity contribution in [3.63, 3.8) is 0 Å². The van der Waals surface area contributed by atoms with Crippen molar-refractivity contribution in [2.24, 2.45) is 0 Å². The minimum Gasteiger partial charge on any atom is -0.393 e. The third-order valence-electron chi connectivity index (χ3n) is 3.42. The largest absolute Gasteiger partial charge is 0.393 e. The molecule has 1 aliphatic heterocycles. The summed E-state index contributed by atoms with van der Waals surface area (Å²) in [7, 11) is 0. The van der Waals surface area contributed by atoms with Gasteiger partial charge in [0, 0.05) is 22.9 Å². The first kappa shape index (κ1) is 12.6. The highest BCUT2D eigenvalue weighted by atomic mass is 79.9. The van der Waals surface area contributed by atoms with Crippen LogP contribution in [0.2, 0.25) is 0 Å². The summed E-state index contributed by atoms with van der Waals surface area (Å²) in [6, 6.07) is 5.92. The number of halogens is 1. The molecule has 1 aromatic carbocycles. The van der Waals surface area contributed by atoms with Crippen LogP contribution in [0.25, 0.3) is 10.9 Å². The molecular formula is C13H15BrN4O. The normalized spacial score (nSPS) is 17.1. The predicted octanol–water partition coefficient (Wildman–Crippen LogP) is 1.94. The van der Waals surface area contributed by atoms with E-state index < -0.39 is 0 Å². The van der Waals surface area contributed by atoms with Crippen LogP contribution in [-0.4, -0.2) is 34.3 Å². The summed E-state index contributed by atoms with van der Waals surface area (Å²) >= 11 is 3.44. The minimum atomic E-state index is -0.198. The quantitative estimate of drug-likeness (QED) is 0.839. The molecule has 6 heteroatoms. The van der Waals surface area contributed by atoms with Crippen LogP contribution in [-0.2, 0) is 0 Å². The fraction of sp³-hybridized carbons (Fsp3) is 0.385. The van der Waals surface area contributed by atoms with E-state index in [-0.39, 0.29) is 12.1 Å². The minimum absolute atomic E-state index is 0.198. The van der Waals surface area contributed by atoms with Gasteiger partial charge in [0.05, 0.1) is 11.6 Å². The molecule has 2 aromatic rings. The Morgan fingerprint density at radius 2 is 2.00 bits per heavy atom. The van der Waals surface area contributed by atoms with Crippen molar-refractivity contribution in [3.05, 3.63) is 22.7 Å². The van der Waals surface area contributed by atoms with Gasteiger partial charge in [-0.15, -0.1) is 0 Å². The number of nitrogens with zero attached hydrogens (tertiary/aromatic N) is 3. The Bertz CT molecular complexity index is 606. The van der Waals surface area contributed by atoms with Gasteiger partial charge in [-0.05, 0) is 31.0 Å². The number of nitrogen functional groups attached to an aromatic ring is 1. The van der Waals surface area contributed by atoms with Crippen LogP contribution in [0.1, 0.15) is 12.8 Å². The van der Waals surface area contributed by atoms with E-state index in [1.165, 1.54) is 0 Å². The third-order valence-corrected chi connectivity index (χ3v) is 3.91. The summed E-state index contributed by atoms with van der Waals surface area (Å²) in [4.78, 5) is 10.8. The standard InChI is InChI=1S/C13H15BrN4O/c14-8-1-2-10-11(7-8)16-13(15)17-12(10)18-5-3-9(19)4-6-18/h1-2,7,9,19H,3-6H2,(H2,15,16,17). The molecule has 2 heterocycles. The monoisotopic (exact) mass is 322 g/mol. The lowest BCUT2D eigenvalue weighted by molar-refractivity contribution is 0.145. The van der Waals surface area contributed by atoms with Crippen molar-refractivity contribution in [1.29, 1.82) is 0 Å². The maximum Gasteiger partial charge on any atom is 0.222 e. The Kier molecular flexibility index (Phi) is 3.28. The van der Waals surface area contributed by atoms with E-state index in [4.69, 9.17) is 5.73 Å². The van der Waals surface area contributed by atoms with E-state index in [1.807, 2.05) is 18.2 Å². The number of fused-ring (bicyclic) bond motifs is 1. The van der Waals surface area contributed by atoms with Crippen molar-refractivity contribution in [1.82, 2.24) is 9.97 Å². The zero-order valence-electron chi connectivity index (χ0n) is 10.4. The average molecular weight is 323 g/mol. The van der Waals surface area contributed by atoms with Gasteiger partial charge in [0.2, 0.25) is 5.95 Å². The van der Waals surface area contributed by atoms with E-state index in [2.05, 4.69) is 30.8 Å². The molecule has 0 aliphatic carbocycles. The number of aliphatic hydroxyl groups is 1. The molecule has 1 aromatic heterocycles. The summed E-state index contributed by atoms with van der Waals surface area (Å²) in [6.07, 6.45) is 1.33. The van der Waals surface area contributed by atoms with Crippen molar-refractivity contribution >= 4 is 38.6 Å². The highest BCUT2D eigenvalue weighted by molar-refractivity contribution is 9.10. The second-order valence-electron chi connectivity index (χ2n) is 4.79. The predicted molar refractivity (Wildman–Crippen MR) is 79.1 cm³/mol. The van der Waals surface area contributed by atoms with Crippen molar-refractivity contribution < 1.29 is 5.11 Å². The number of anilines is 2. The van der Waals surface area contributed by atoms with Gasteiger partial charge >= 0.3 is 0 Å². The Labute approximate surface area is 119 Å². The molecule has 0 atom stereocenters. The number of piperidine rings is 1. The fourth-order valence-electron chi connectivity index (χ4n) is 2.42. The van der Waals surface area contributed by atoms with E-state index in [0.29, 0.717) is 0 Å². The summed E-state index contributed by atoms with van der Waals surface area (Å²) in [5.74, 6) is 1.15. The van der Waals surface area contributed by atoms with E-state index in [1.54, 1.807) is 0 Å². The smallest absolute Gasteiger partial charge is 0.222 e. The van der Waals surface area contributed by atoms with Crippen LogP contribution >= 0.6 is 15.9 Å². The molecule has 1 fully saturated rings. The lowest BCUT2D eigenvalue weighted by atomic mass is 10.1. The molecule has 3 rings (SSSR count). The van der Waals surface area contributed by atoms with Crippen LogP contribution in [0.15, 0.2) is 22.7 Å². The first-order valence-electron chi connectivity index (χ1n) is 6.29. The van der Waals surface area contributed by atoms with Gasteiger partial charge < -0.3 is 15.7 Å². The maximum atomic E-state index is 9.59. The summed E-state index contributed by atoms with van der Waals surface area (Å²) in [5, 5.41) is 10.6. The molecule has 0 spiro atoms.